The van der Waals surface area contributed by atoms with Crippen molar-refractivity contribution in [1.82, 2.24) is 9.40 Å². The molecule has 0 saturated carbocycles. The fraction of sp³-hybridized carbons (Fsp3) is 0.120. The first-order valence-corrected chi connectivity index (χ1v) is 12.2. The first-order chi connectivity index (χ1) is 16.0. The molecule has 5 rings (SSSR count). The molecule has 33 heavy (non-hydrogen) atoms. The van der Waals surface area contributed by atoms with Crippen molar-refractivity contribution in [3.63, 3.8) is 0 Å². The van der Waals surface area contributed by atoms with E-state index in [-0.39, 0.29) is 10.0 Å². The van der Waals surface area contributed by atoms with E-state index >= 15 is 0 Å². The van der Waals surface area contributed by atoms with Gasteiger partial charge in [0, 0.05) is 22.9 Å². The highest BCUT2D eigenvalue weighted by molar-refractivity contribution is 7.89. The molecule has 1 atom stereocenters. The number of para-hydroxylation sites is 2. The molecule has 1 aliphatic rings. The van der Waals surface area contributed by atoms with Gasteiger partial charge in [-0.3, -0.25) is 0 Å². The molecule has 1 aliphatic heterocycles. The Morgan fingerprint density at radius 3 is 2.45 bits per heavy atom. The van der Waals surface area contributed by atoms with Crippen molar-refractivity contribution in [2.75, 3.05) is 7.11 Å². The SMILES string of the molecule is COc1ccccc1C1=NN(S(=O)(=O)c2ccccc2)[C@H](c2cc3ccccc3nc2Cl)C1. The molecule has 4 aromatic rings. The fourth-order valence-electron chi connectivity index (χ4n) is 4.03. The number of benzene rings is 3. The summed E-state index contributed by atoms with van der Waals surface area (Å²) in [5.41, 5.74) is 2.68. The van der Waals surface area contributed by atoms with Gasteiger partial charge in [0.15, 0.2) is 0 Å². The maximum absolute atomic E-state index is 13.6. The average molecular weight is 478 g/mol. The number of fused-ring (bicyclic) bond motifs is 1. The summed E-state index contributed by atoms with van der Waals surface area (Å²) in [7, 11) is -2.37. The predicted octanol–water partition coefficient (Wildman–Crippen LogP) is 5.44. The smallest absolute Gasteiger partial charge is 0.279 e. The van der Waals surface area contributed by atoms with Gasteiger partial charge in [0.25, 0.3) is 10.0 Å². The standard InChI is InChI=1S/C25H20ClN3O3S/c1-32-24-14-8-6-12-19(24)22-16-23(20-15-17-9-5-7-13-21(17)27-25(20)26)29(28-22)33(30,31)18-10-3-2-4-11-18/h2-15,23H,16H2,1H3/t23-/m0/s1. The largest absolute Gasteiger partial charge is 0.496 e. The average Bonchev–Trinajstić information content (AvgIpc) is 3.30. The number of ether oxygens (including phenoxy) is 1. The van der Waals surface area contributed by atoms with Crippen LogP contribution in [0, 0.1) is 0 Å². The Morgan fingerprint density at radius 1 is 0.970 bits per heavy atom. The lowest BCUT2D eigenvalue weighted by Gasteiger charge is -2.24. The van der Waals surface area contributed by atoms with Crippen molar-refractivity contribution < 1.29 is 13.2 Å². The number of hydrogen-bond acceptors (Lipinski definition) is 5. The molecular formula is C25H20ClN3O3S. The van der Waals surface area contributed by atoms with E-state index in [4.69, 9.17) is 16.3 Å². The van der Waals surface area contributed by atoms with Crippen LogP contribution in [-0.2, 0) is 10.0 Å². The van der Waals surface area contributed by atoms with Crippen molar-refractivity contribution in [3.05, 3.63) is 101 Å². The molecular weight excluding hydrogens is 458 g/mol. The molecule has 2 heterocycles. The highest BCUT2D eigenvalue weighted by Crippen LogP contribution is 2.41. The number of aromatic nitrogens is 1. The normalized spacial score (nSPS) is 16.1. The zero-order valence-electron chi connectivity index (χ0n) is 17.7. The first kappa shape index (κ1) is 21.4. The molecule has 0 spiro atoms. The van der Waals surface area contributed by atoms with Gasteiger partial charge in [-0.25, -0.2) is 4.98 Å². The predicted molar refractivity (Wildman–Crippen MR) is 129 cm³/mol. The minimum absolute atomic E-state index is 0.157. The first-order valence-electron chi connectivity index (χ1n) is 10.3. The van der Waals surface area contributed by atoms with Crippen LogP contribution in [0.5, 0.6) is 5.75 Å². The van der Waals surface area contributed by atoms with Crippen LogP contribution >= 0.6 is 11.6 Å². The van der Waals surface area contributed by atoms with Crippen LogP contribution in [0.3, 0.4) is 0 Å². The number of sulfonamides is 1. The van der Waals surface area contributed by atoms with Crippen LogP contribution in [0.25, 0.3) is 10.9 Å². The van der Waals surface area contributed by atoms with Gasteiger partial charge in [0.05, 0.1) is 29.3 Å². The van der Waals surface area contributed by atoms with Gasteiger partial charge < -0.3 is 4.74 Å². The fourth-order valence-corrected chi connectivity index (χ4v) is 5.75. The molecule has 6 nitrogen and oxygen atoms in total. The second-order valence-corrected chi connectivity index (χ2v) is 9.77. The van der Waals surface area contributed by atoms with Gasteiger partial charge in [-0.2, -0.15) is 17.9 Å². The summed E-state index contributed by atoms with van der Waals surface area (Å²) in [6, 6.07) is 24.5. The van der Waals surface area contributed by atoms with E-state index in [2.05, 4.69) is 10.1 Å². The van der Waals surface area contributed by atoms with Crippen LogP contribution in [0.4, 0.5) is 0 Å². The Kier molecular flexibility index (Phi) is 5.52. The summed E-state index contributed by atoms with van der Waals surface area (Å²) >= 11 is 6.59. The van der Waals surface area contributed by atoms with Crippen molar-refractivity contribution in [1.29, 1.82) is 0 Å². The van der Waals surface area contributed by atoms with Gasteiger partial charge in [0.1, 0.15) is 10.9 Å². The molecule has 0 N–H and O–H groups in total. The molecule has 0 aliphatic carbocycles. The van der Waals surface area contributed by atoms with Crippen molar-refractivity contribution in [2.24, 2.45) is 5.10 Å². The third-order valence-electron chi connectivity index (χ3n) is 5.64. The summed E-state index contributed by atoms with van der Waals surface area (Å²) in [5.74, 6) is 0.622. The van der Waals surface area contributed by atoms with Crippen LogP contribution in [0.2, 0.25) is 5.15 Å². The molecule has 166 valence electrons. The van der Waals surface area contributed by atoms with Gasteiger partial charge in [-0.15, -0.1) is 0 Å². The van der Waals surface area contributed by atoms with E-state index in [0.717, 1.165) is 20.9 Å². The van der Waals surface area contributed by atoms with Gasteiger partial charge >= 0.3 is 0 Å². The lowest BCUT2D eigenvalue weighted by molar-refractivity contribution is 0.371. The van der Waals surface area contributed by atoms with Crippen LogP contribution in [0.1, 0.15) is 23.6 Å². The zero-order chi connectivity index (χ0) is 23.0. The Balaban J connectivity index is 1.68. The van der Waals surface area contributed by atoms with E-state index < -0.39 is 16.1 Å². The molecule has 0 radical (unpaired) electrons. The van der Waals surface area contributed by atoms with E-state index in [1.165, 1.54) is 0 Å². The molecule has 0 unspecified atom stereocenters. The second kappa shape index (κ2) is 8.50. The van der Waals surface area contributed by atoms with E-state index in [0.29, 0.717) is 23.4 Å². The number of rotatable bonds is 5. The summed E-state index contributed by atoms with van der Waals surface area (Å²) in [4.78, 5) is 4.67. The molecule has 0 bridgehead atoms. The lowest BCUT2D eigenvalue weighted by atomic mass is 9.98. The molecule has 8 heteroatoms. The molecule has 0 saturated heterocycles. The molecule has 0 fully saturated rings. The summed E-state index contributed by atoms with van der Waals surface area (Å²) < 4.78 is 33.9. The third kappa shape index (κ3) is 3.83. The van der Waals surface area contributed by atoms with Crippen LogP contribution in [0.15, 0.2) is 94.9 Å². The minimum Gasteiger partial charge on any atom is -0.496 e. The zero-order valence-corrected chi connectivity index (χ0v) is 19.3. The Labute approximate surface area is 197 Å². The Hall–Kier alpha value is -3.42. The third-order valence-corrected chi connectivity index (χ3v) is 7.64. The number of hydrogen-bond donors (Lipinski definition) is 0. The lowest BCUT2D eigenvalue weighted by Crippen LogP contribution is -2.27. The summed E-state index contributed by atoms with van der Waals surface area (Å²) in [6.07, 6.45) is 0.326. The van der Waals surface area contributed by atoms with E-state index in [1.807, 2.05) is 54.6 Å². The number of nitrogens with zero attached hydrogens (tertiary/aromatic N) is 3. The maximum Gasteiger partial charge on any atom is 0.279 e. The Morgan fingerprint density at radius 2 is 1.67 bits per heavy atom. The van der Waals surface area contributed by atoms with Gasteiger partial charge in [0.2, 0.25) is 0 Å². The maximum atomic E-state index is 13.6. The van der Waals surface area contributed by atoms with Crippen molar-refractivity contribution in [3.8, 4) is 5.75 Å². The van der Waals surface area contributed by atoms with Crippen molar-refractivity contribution in [2.45, 2.75) is 17.4 Å². The van der Waals surface area contributed by atoms with E-state index in [9.17, 15) is 8.42 Å². The Bertz CT molecular complexity index is 1470. The summed E-state index contributed by atoms with van der Waals surface area (Å²) in [5, 5.41) is 5.72. The molecule has 1 aromatic heterocycles. The quantitative estimate of drug-likeness (QED) is 0.359. The molecule has 3 aromatic carbocycles. The topological polar surface area (TPSA) is 71.9 Å². The highest BCUT2D eigenvalue weighted by Gasteiger charge is 2.39. The van der Waals surface area contributed by atoms with Gasteiger partial charge in [-0.05, 0) is 36.4 Å². The number of methoxy groups -OCH3 is 1. The highest BCUT2D eigenvalue weighted by atomic mass is 35.5. The number of halogens is 1. The molecule has 0 amide bonds. The van der Waals surface area contributed by atoms with Crippen molar-refractivity contribution >= 4 is 38.2 Å². The number of hydrazone groups is 1. The van der Waals surface area contributed by atoms with Crippen LogP contribution in [-0.4, -0.2) is 30.6 Å². The number of pyridine rings is 1. The minimum atomic E-state index is -3.95. The van der Waals surface area contributed by atoms with Gasteiger partial charge in [-0.1, -0.05) is 60.1 Å². The van der Waals surface area contributed by atoms with Crippen LogP contribution < -0.4 is 4.74 Å². The second-order valence-electron chi connectivity index (χ2n) is 7.62. The summed E-state index contributed by atoms with van der Waals surface area (Å²) in [6.45, 7) is 0. The monoisotopic (exact) mass is 477 g/mol. The van der Waals surface area contributed by atoms with E-state index in [1.54, 1.807) is 37.4 Å².